The van der Waals surface area contributed by atoms with Crippen molar-refractivity contribution in [1.29, 1.82) is 5.26 Å². The lowest BCUT2D eigenvalue weighted by atomic mass is 10.3. The van der Waals surface area contributed by atoms with Gasteiger partial charge in [-0.2, -0.15) is 10.2 Å². The van der Waals surface area contributed by atoms with Crippen LogP contribution in [0.15, 0.2) is 35.1 Å². The predicted octanol–water partition coefficient (Wildman–Crippen LogP) is 0.808. The van der Waals surface area contributed by atoms with Crippen LogP contribution in [0.5, 0.6) is 0 Å². The highest BCUT2D eigenvalue weighted by Crippen LogP contribution is 2.05. The maximum absolute atomic E-state index is 11.2. The molecule has 16 heavy (non-hydrogen) atoms. The van der Waals surface area contributed by atoms with Gasteiger partial charge in [0.1, 0.15) is 11.9 Å². The van der Waals surface area contributed by atoms with Gasteiger partial charge < -0.3 is 0 Å². The molecule has 78 valence electrons. The summed E-state index contributed by atoms with van der Waals surface area (Å²) in [5.41, 5.74) is -0.0226. The van der Waals surface area contributed by atoms with Gasteiger partial charge in [0.15, 0.2) is 0 Å². The van der Waals surface area contributed by atoms with Crippen molar-refractivity contribution >= 4 is 0 Å². The van der Waals surface area contributed by atoms with E-state index in [1.165, 1.54) is 4.68 Å². The molecule has 0 aliphatic carbocycles. The van der Waals surface area contributed by atoms with Crippen molar-refractivity contribution in [2.75, 3.05) is 0 Å². The van der Waals surface area contributed by atoms with Crippen LogP contribution in [0.4, 0.5) is 0 Å². The van der Waals surface area contributed by atoms with Crippen LogP contribution in [0.3, 0.4) is 0 Å². The van der Waals surface area contributed by atoms with Gasteiger partial charge in [-0.15, -0.1) is 5.10 Å². The van der Waals surface area contributed by atoms with Crippen LogP contribution in [0.25, 0.3) is 5.69 Å². The van der Waals surface area contributed by atoms with E-state index in [9.17, 15) is 4.79 Å². The topological polar surface area (TPSA) is 71.6 Å². The van der Waals surface area contributed by atoms with Gasteiger partial charge >= 0.3 is 5.56 Å². The molecule has 0 radical (unpaired) electrons. The summed E-state index contributed by atoms with van der Waals surface area (Å²) in [5, 5.41) is 12.7. The van der Waals surface area contributed by atoms with E-state index in [0.29, 0.717) is 5.82 Å². The number of para-hydroxylation sites is 1. The second-order valence-corrected chi connectivity index (χ2v) is 3.17. The number of nitriles is 1. The fraction of sp³-hybridized carbons (Fsp3) is 0.0909. The molecule has 0 saturated carbocycles. The second-order valence-electron chi connectivity index (χ2n) is 3.17. The van der Waals surface area contributed by atoms with Crippen molar-refractivity contribution in [3.8, 4) is 11.8 Å². The van der Waals surface area contributed by atoms with E-state index in [2.05, 4.69) is 10.1 Å². The molecule has 2 aromatic rings. The third kappa shape index (κ3) is 1.68. The molecular weight excluding hydrogens is 204 g/mol. The zero-order valence-corrected chi connectivity index (χ0v) is 8.58. The van der Waals surface area contributed by atoms with E-state index in [4.69, 9.17) is 5.26 Å². The molecule has 0 saturated heterocycles. The number of aromatic nitrogens is 3. The lowest BCUT2D eigenvalue weighted by molar-refractivity contribution is 0.741. The van der Waals surface area contributed by atoms with Crippen LogP contribution in [-0.4, -0.2) is 14.8 Å². The van der Waals surface area contributed by atoms with Crippen LogP contribution in [0, 0.1) is 18.3 Å². The molecule has 0 bridgehead atoms. The minimum Gasteiger partial charge on any atom is -0.264 e. The quantitative estimate of drug-likeness (QED) is 0.701. The third-order valence-corrected chi connectivity index (χ3v) is 2.08. The average molecular weight is 212 g/mol. The lowest BCUT2D eigenvalue weighted by Crippen LogP contribution is -2.21. The highest BCUT2D eigenvalue weighted by Gasteiger charge is 2.07. The summed E-state index contributed by atoms with van der Waals surface area (Å²) in [7, 11) is 0. The van der Waals surface area contributed by atoms with Crippen molar-refractivity contribution in [1.82, 2.24) is 14.8 Å². The molecule has 0 aliphatic heterocycles. The Morgan fingerprint density at radius 2 is 2.00 bits per heavy atom. The van der Waals surface area contributed by atoms with Crippen LogP contribution >= 0.6 is 0 Å². The van der Waals surface area contributed by atoms with E-state index in [0.717, 1.165) is 5.69 Å². The average Bonchev–Trinajstić information content (AvgIpc) is 2.30. The fourth-order valence-electron chi connectivity index (χ4n) is 1.35. The Kier molecular flexibility index (Phi) is 2.48. The minimum atomic E-state index is -0.591. The summed E-state index contributed by atoms with van der Waals surface area (Å²) < 4.78 is 1.47. The molecule has 0 N–H and O–H groups in total. The van der Waals surface area contributed by atoms with Crippen LogP contribution in [0.1, 0.15) is 11.5 Å². The minimum absolute atomic E-state index is 0.200. The van der Waals surface area contributed by atoms with Gasteiger partial charge in [0.25, 0.3) is 0 Å². The van der Waals surface area contributed by atoms with Gasteiger partial charge in [-0.05, 0) is 19.1 Å². The molecule has 1 aromatic heterocycles. The van der Waals surface area contributed by atoms with Crippen LogP contribution < -0.4 is 5.56 Å². The highest BCUT2D eigenvalue weighted by molar-refractivity contribution is 5.31. The first-order valence-electron chi connectivity index (χ1n) is 4.66. The number of nitrogens with zero attached hydrogens (tertiary/aromatic N) is 4. The Balaban J connectivity index is 2.68. The van der Waals surface area contributed by atoms with Crippen molar-refractivity contribution in [2.45, 2.75) is 6.92 Å². The summed E-state index contributed by atoms with van der Waals surface area (Å²) in [6.45, 7) is 1.67. The Morgan fingerprint density at radius 3 is 2.62 bits per heavy atom. The van der Waals surface area contributed by atoms with E-state index < -0.39 is 5.56 Å². The Labute approximate surface area is 91.6 Å². The fourth-order valence-corrected chi connectivity index (χ4v) is 1.35. The second kappa shape index (κ2) is 3.95. The molecule has 2 rings (SSSR count). The van der Waals surface area contributed by atoms with Gasteiger partial charge in [0.05, 0.1) is 5.69 Å². The highest BCUT2D eigenvalue weighted by atomic mass is 16.1. The predicted molar refractivity (Wildman–Crippen MR) is 57.1 cm³/mol. The summed E-state index contributed by atoms with van der Waals surface area (Å²) in [6.07, 6.45) is 0. The molecule has 0 unspecified atom stereocenters. The van der Waals surface area contributed by atoms with Crippen LogP contribution in [-0.2, 0) is 0 Å². The number of aryl methyl sites for hydroxylation is 1. The van der Waals surface area contributed by atoms with Gasteiger partial charge in [-0.3, -0.25) is 4.79 Å². The van der Waals surface area contributed by atoms with Gasteiger partial charge in [0.2, 0.25) is 5.69 Å². The number of rotatable bonds is 1. The molecule has 0 spiro atoms. The molecule has 0 atom stereocenters. The van der Waals surface area contributed by atoms with Crippen molar-refractivity contribution < 1.29 is 0 Å². The van der Waals surface area contributed by atoms with E-state index in [-0.39, 0.29) is 5.69 Å². The zero-order chi connectivity index (χ0) is 11.5. The van der Waals surface area contributed by atoms with Gasteiger partial charge in [-0.25, -0.2) is 4.68 Å². The third-order valence-electron chi connectivity index (χ3n) is 2.08. The molecular formula is C11H8N4O. The lowest BCUT2D eigenvalue weighted by Gasteiger charge is -2.07. The molecule has 0 fully saturated rings. The molecule has 5 nitrogen and oxygen atoms in total. The zero-order valence-electron chi connectivity index (χ0n) is 8.58. The first-order chi connectivity index (χ1) is 7.72. The Bertz CT molecular complexity index is 610. The number of hydrogen-bond acceptors (Lipinski definition) is 4. The maximum atomic E-state index is 11.2. The van der Waals surface area contributed by atoms with Crippen LogP contribution in [0.2, 0.25) is 0 Å². The van der Waals surface area contributed by atoms with Crippen molar-refractivity contribution in [2.24, 2.45) is 0 Å². The summed E-state index contributed by atoms with van der Waals surface area (Å²) >= 11 is 0. The first-order valence-corrected chi connectivity index (χ1v) is 4.66. The van der Waals surface area contributed by atoms with Gasteiger partial charge in [-0.1, -0.05) is 18.2 Å². The summed E-state index contributed by atoms with van der Waals surface area (Å²) in [6, 6.07) is 10.9. The molecule has 0 amide bonds. The van der Waals surface area contributed by atoms with Crippen molar-refractivity contribution in [3.63, 3.8) is 0 Å². The SMILES string of the molecule is Cc1nc(=O)c(C#N)nn1-c1ccccc1. The van der Waals surface area contributed by atoms with E-state index >= 15 is 0 Å². The molecule has 1 heterocycles. The van der Waals surface area contributed by atoms with E-state index in [1.807, 2.05) is 30.3 Å². The normalized spacial score (nSPS) is 9.75. The molecule has 1 aromatic carbocycles. The summed E-state index contributed by atoms with van der Waals surface area (Å²) in [4.78, 5) is 15.0. The molecule has 5 heteroatoms. The monoisotopic (exact) mass is 212 g/mol. The first kappa shape index (κ1) is 10.1. The smallest absolute Gasteiger partial charge is 0.264 e. The molecule has 0 aliphatic rings. The Morgan fingerprint density at radius 1 is 1.31 bits per heavy atom. The standard InChI is InChI=1S/C11H8N4O/c1-8-13-11(16)10(7-12)14-15(8)9-5-3-2-4-6-9/h2-6H,1H3. The number of benzene rings is 1. The Hall–Kier alpha value is -2.48. The van der Waals surface area contributed by atoms with Gasteiger partial charge in [0, 0.05) is 0 Å². The van der Waals surface area contributed by atoms with E-state index in [1.54, 1.807) is 13.0 Å². The maximum Gasteiger partial charge on any atom is 0.310 e. The van der Waals surface area contributed by atoms with Crippen molar-refractivity contribution in [3.05, 3.63) is 52.2 Å². The number of hydrogen-bond donors (Lipinski definition) is 0. The summed E-state index contributed by atoms with van der Waals surface area (Å²) in [5.74, 6) is 0.454. The largest absolute Gasteiger partial charge is 0.310 e.